The first-order chi connectivity index (χ1) is 8.74. The molecule has 0 spiro atoms. The summed E-state index contributed by atoms with van der Waals surface area (Å²) in [5.74, 6) is 0. The minimum Gasteiger partial charge on any atom is -0.377 e. The van der Waals surface area contributed by atoms with Crippen molar-refractivity contribution in [2.24, 2.45) is 0 Å². The van der Waals surface area contributed by atoms with Gasteiger partial charge in [-0.25, -0.2) is 0 Å². The summed E-state index contributed by atoms with van der Waals surface area (Å²) in [6, 6.07) is 0.937. The Balaban J connectivity index is 0. The van der Waals surface area contributed by atoms with Gasteiger partial charge in [0.1, 0.15) is 0 Å². The van der Waals surface area contributed by atoms with Gasteiger partial charge in [-0.05, 0) is 6.42 Å². The van der Waals surface area contributed by atoms with Crippen molar-refractivity contribution < 1.29 is 18.0 Å². The Morgan fingerprint density at radius 1 is 0.632 bits per heavy atom. The number of rotatable bonds is 13. The van der Waals surface area contributed by atoms with Crippen LogP contribution in [0.2, 0.25) is 6.04 Å². The molecular weight excluding hydrogens is 263 g/mol. The summed E-state index contributed by atoms with van der Waals surface area (Å²) in [4.78, 5) is 0. The highest BCUT2D eigenvalue weighted by Gasteiger charge is 2.36. The Bertz CT molecular complexity index is 170. The van der Waals surface area contributed by atoms with Crippen LogP contribution in [0.1, 0.15) is 64.7 Å². The third-order valence-corrected chi connectivity index (χ3v) is 6.35. The second kappa shape index (κ2) is 14.4. The Labute approximate surface area is 119 Å². The maximum absolute atomic E-state index is 5.40. The van der Waals surface area contributed by atoms with Crippen LogP contribution in [0.25, 0.3) is 0 Å². The molecule has 0 radical (unpaired) electrons. The molecule has 0 aromatic heterocycles. The Hall–Kier alpha value is 0.0269. The second-order valence-corrected chi connectivity index (χ2v) is 7.96. The molecule has 5 heteroatoms. The van der Waals surface area contributed by atoms with E-state index in [1.165, 1.54) is 51.4 Å². The number of halogens is 1. The van der Waals surface area contributed by atoms with Crippen molar-refractivity contribution in [3.05, 3.63) is 0 Å². The highest BCUT2D eigenvalue weighted by Crippen LogP contribution is 2.18. The fraction of sp³-hybridized carbons (Fsp3) is 1.00. The van der Waals surface area contributed by atoms with Crippen LogP contribution in [0, 0.1) is 0 Å². The van der Waals surface area contributed by atoms with E-state index in [0.29, 0.717) is 0 Å². The third kappa shape index (κ3) is 10.5. The molecule has 0 aromatic rings. The van der Waals surface area contributed by atoms with Crippen LogP contribution in [0.4, 0.5) is 4.70 Å². The second-order valence-electron chi connectivity index (χ2n) is 4.87. The molecular formula is C14H33FO3Si. The van der Waals surface area contributed by atoms with Gasteiger partial charge < -0.3 is 13.3 Å². The maximum Gasteiger partial charge on any atom is 0.500 e. The molecule has 0 aliphatic heterocycles. The lowest BCUT2D eigenvalue weighted by molar-refractivity contribution is 0.122. The van der Waals surface area contributed by atoms with Crippen molar-refractivity contribution in [2.75, 3.05) is 21.3 Å². The average molecular weight is 296 g/mol. The van der Waals surface area contributed by atoms with E-state index in [9.17, 15) is 0 Å². The predicted molar refractivity (Wildman–Crippen MR) is 81.3 cm³/mol. The first-order valence-corrected chi connectivity index (χ1v) is 9.33. The lowest BCUT2D eigenvalue weighted by Gasteiger charge is -2.24. The fourth-order valence-electron chi connectivity index (χ4n) is 2.21. The van der Waals surface area contributed by atoms with E-state index in [4.69, 9.17) is 13.3 Å². The van der Waals surface area contributed by atoms with Gasteiger partial charge >= 0.3 is 8.80 Å². The van der Waals surface area contributed by atoms with E-state index in [1.54, 1.807) is 21.3 Å². The molecule has 19 heavy (non-hydrogen) atoms. The van der Waals surface area contributed by atoms with Gasteiger partial charge in [-0.3, -0.25) is 4.70 Å². The standard InChI is InChI=1S/C14H32O3Si.FH/c1-5-6-7-8-9-10-11-12-13-14-18(15-2,16-3)17-4;/h5-14H2,1-4H3;1H. The Morgan fingerprint density at radius 3 is 1.37 bits per heavy atom. The molecule has 0 fully saturated rings. The number of hydrogen-bond donors (Lipinski definition) is 0. The van der Waals surface area contributed by atoms with Crippen LogP contribution in [-0.4, -0.2) is 30.1 Å². The van der Waals surface area contributed by atoms with E-state index in [1.807, 2.05) is 0 Å². The normalized spacial score (nSPS) is 11.4. The Kier molecular flexibility index (Phi) is 16.2. The summed E-state index contributed by atoms with van der Waals surface area (Å²) in [5.41, 5.74) is 0. The molecule has 3 nitrogen and oxygen atoms in total. The van der Waals surface area contributed by atoms with Gasteiger partial charge in [-0.15, -0.1) is 0 Å². The van der Waals surface area contributed by atoms with Crippen LogP contribution >= 0.6 is 0 Å². The first kappa shape index (κ1) is 21.3. The molecule has 0 aliphatic rings. The highest BCUT2D eigenvalue weighted by molar-refractivity contribution is 6.60. The molecule has 0 aliphatic carbocycles. The van der Waals surface area contributed by atoms with Crippen LogP contribution in [-0.2, 0) is 13.3 Å². The molecule has 0 bridgehead atoms. The van der Waals surface area contributed by atoms with E-state index in [2.05, 4.69) is 6.92 Å². The minimum atomic E-state index is -2.30. The van der Waals surface area contributed by atoms with Crippen molar-refractivity contribution in [1.29, 1.82) is 0 Å². The van der Waals surface area contributed by atoms with Gasteiger partial charge in [0.25, 0.3) is 0 Å². The van der Waals surface area contributed by atoms with Gasteiger partial charge in [0.2, 0.25) is 0 Å². The lowest BCUT2D eigenvalue weighted by atomic mass is 10.1. The molecule has 0 saturated carbocycles. The number of hydrogen-bond acceptors (Lipinski definition) is 3. The maximum atomic E-state index is 5.40. The summed E-state index contributed by atoms with van der Waals surface area (Å²) in [7, 11) is 2.76. The molecule has 0 unspecified atom stereocenters. The topological polar surface area (TPSA) is 27.7 Å². The van der Waals surface area contributed by atoms with Crippen molar-refractivity contribution >= 4 is 8.80 Å². The summed E-state index contributed by atoms with van der Waals surface area (Å²) < 4.78 is 16.2. The zero-order chi connectivity index (χ0) is 13.7. The molecule has 0 aromatic carbocycles. The fourth-order valence-corrected chi connectivity index (χ4v) is 4.00. The summed E-state index contributed by atoms with van der Waals surface area (Å²) in [6.45, 7) is 2.26. The summed E-state index contributed by atoms with van der Waals surface area (Å²) in [6.07, 6.45) is 12.0. The molecule has 118 valence electrons. The van der Waals surface area contributed by atoms with Crippen LogP contribution in [0.15, 0.2) is 0 Å². The molecule has 0 saturated heterocycles. The minimum absolute atomic E-state index is 0. The monoisotopic (exact) mass is 296 g/mol. The van der Waals surface area contributed by atoms with Gasteiger partial charge in [0.15, 0.2) is 0 Å². The van der Waals surface area contributed by atoms with Crippen LogP contribution < -0.4 is 0 Å². The lowest BCUT2D eigenvalue weighted by Crippen LogP contribution is -2.42. The predicted octanol–water partition coefficient (Wildman–Crippen LogP) is 4.55. The van der Waals surface area contributed by atoms with Crippen molar-refractivity contribution in [1.82, 2.24) is 0 Å². The first-order valence-electron chi connectivity index (χ1n) is 7.40. The molecule has 0 N–H and O–H groups in total. The average Bonchev–Trinajstić information content (AvgIpc) is 2.42. The summed E-state index contributed by atoms with van der Waals surface area (Å²) >= 11 is 0. The number of unbranched alkanes of at least 4 members (excludes halogenated alkanes) is 8. The molecule has 0 atom stereocenters. The van der Waals surface area contributed by atoms with Gasteiger partial charge in [-0.1, -0.05) is 58.3 Å². The Morgan fingerprint density at radius 2 is 1.00 bits per heavy atom. The smallest absolute Gasteiger partial charge is 0.377 e. The molecule has 0 amide bonds. The van der Waals surface area contributed by atoms with E-state index in [0.717, 1.165) is 12.5 Å². The zero-order valence-corrected chi connectivity index (χ0v) is 14.2. The van der Waals surface area contributed by atoms with E-state index >= 15 is 0 Å². The van der Waals surface area contributed by atoms with Gasteiger partial charge in [0, 0.05) is 27.4 Å². The third-order valence-electron chi connectivity index (χ3n) is 3.52. The molecule has 0 rings (SSSR count). The van der Waals surface area contributed by atoms with Crippen LogP contribution in [0.5, 0.6) is 0 Å². The van der Waals surface area contributed by atoms with Crippen molar-refractivity contribution in [3.63, 3.8) is 0 Å². The highest BCUT2D eigenvalue weighted by atomic mass is 28.4. The van der Waals surface area contributed by atoms with Gasteiger partial charge in [0.05, 0.1) is 0 Å². The van der Waals surface area contributed by atoms with Crippen molar-refractivity contribution in [2.45, 2.75) is 70.8 Å². The zero-order valence-electron chi connectivity index (χ0n) is 13.2. The van der Waals surface area contributed by atoms with Gasteiger partial charge in [-0.2, -0.15) is 0 Å². The molecule has 0 heterocycles. The summed E-state index contributed by atoms with van der Waals surface area (Å²) in [5, 5.41) is 0. The largest absolute Gasteiger partial charge is 0.500 e. The van der Waals surface area contributed by atoms with E-state index < -0.39 is 8.80 Å². The quantitative estimate of drug-likeness (QED) is 0.369. The SMILES string of the molecule is CCCCCCCCCCC[Si](OC)(OC)OC.F. The van der Waals surface area contributed by atoms with E-state index in [-0.39, 0.29) is 4.70 Å². The van der Waals surface area contributed by atoms with Crippen LogP contribution in [0.3, 0.4) is 0 Å². The van der Waals surface area contributed by atoms with Crippen molar-refractivity contribution in [3.8, 4) is 0 Å².